The number of furan rings is 1. The van der Waals surface area contributed by atoms with E-state index in [4.69, 9.17) is 4.42 Å². The van der Waals surface area contributed by atoms with Crippen LogP contribution in [-0.2, 0) is 9.59 Å². The first-order valence-corrected chi connectivity index (χ1v) is 6.15. The molecule has 1 saturated heterocycles. The average molecular weight is 255 g/mol. The van der Waals surface area contributed by atoms with Crippen molar-refractivity contribution in [2.75, 3.05) is 6.54 Å². The van der Waals surface area contributed by atoms with Gasteiger partial charge in [-0.3, -0.25) is 9.59 Å². The van der Waals surface area contributed by atoms with E-state index in [9.17, 15) is 9.59 Å². The molecule has 0 aliphatic carbocycles. The zero-order valence-electron chi connectivity index (χ0n) is 10.3. The number of hydrogen-bond donors (Lipinski definition) is 0. The highest BCUT2D eigenvalue weighted by Gasteiger charge is 2.35. The third-order valence-electron chi connectivity index (χ3n) is 3.26. The lowest BCUT2D eigenvalue weighted by Gasteiger charge is -2.25. The molecular weight excluding hydrogens is 242 g/mol. The monoisotopic (exact) mass is 255 g/mol. The maximum absolute atomic E-state index is 12.0. The average Bonchev–Trinajstić information content (AvgIpc) is 3.03. The van der Waals surface area contributed by atoms with Crippen LogP contribution in [0, 0.1) is 0 Å². The molecule has 1 aromatic carbocycles. The van der Waals surface area contributed by atoms with E-state index in [1.807, 2.05) is 36.4 Å². The summed E-state index contributed by atoms with van der Waals surface area (Å²) < 4.78 is 5.44. The number of amides is 1. The minimum absolute atomic E-state index is 0.00988. The Morgan fingerprint density at radius 3 is 2.42 bits per heavy atom. The lowest BCUT2D eigenvalue weighted by Crippen LogP contribution is -2.30. The highest BCUT2D eigenvalue weighted by atomic mass is 16.3. The van der Waals surface area contributed by atoms with E-state index in [-0.39, 0.29) is 30.7 Å². The van der Waals surface area contributed by atoms with E-state index < -0.39 is 0 Å². The van der Waals surface area contributed by atoms with E-state index in [1.165, 1.54) is 0 Å². The van der Waals surface area contributed by atoms with Crippen LogP contribution in [0.3, 0.4) is 0 Å². The van der Waals surface area contributed by atoms with Crippen LogP contribution in [0.1, 0.15) is 23.8 Å². The number of Topliss-reactive ketones (excluding diaryl/α,β-unsaturated/α-hetero) is 1. The van der Waals surface area contributed by atoms with Gasteiger partial charge in [0.15, 0.2) is 5.78 Å². The van der Waals surface area contributed by atoms with Crippen molar-refractivity contribution in [2.45, 2.75) is 12.5 Å². The largest absolute Gasteiger partial charge is 0.467 e. The van der Waals surface area contributed by atoms with Crippen molar-refractivity contribution in [3.8, 4) is 0 Å². The van der Waals surface area contributed by atoms with Crippen LogP contribution < -0.4 is 0 Å². The summed E-state index contributed by atoms with van der Waals surface area (Å²) in [6.07, 6.45) is 1.57. The maximum Gasteiger partial charge on any atom is 0.231 e. The van der Waals surface area contributed by atoms with Gasteiger partial charge in [0.1, 0.15) is 11.8 Å². The van der Waals surface area contributed by atoms with Gasteiger partial charge in [0, 0.05) is 0 Å². The lowest BCUT2D eigenvalue weighted by atomic mass is 10.0. The number of benzene rings is 1. The number of rotatable bonds is 3. The van der Waals surface area contributed by atoms with E-state index in [2.05, 4.69) is 0 Å². The van der Waals surface area contributed by atoms with Crippen molar-refractivity contribution in [3.05, 3.63) is 60.1 Å². The molecule has 0 saturated carbocycles. The zero-order valence-corrected chi connectivity index (χ0v) is 10.3. The molecule has 2 aromatic rings. The first-order chi connectivity index (χ1) is 9.25. The highest BCUT2D eigenvalue weighted by molar-refractivity contribution is 6.05. The molecule has 0 N–H and O–H groups in total. The smallest absolute Gasteiger partial charge is 0.231 e. The fraction of sp³-hybridized carbons (Fsp3) is 0.200. The van der Waals surface area contributed by atoms with Crippen LogP contribution in [0.25, 0.3) is 0 Å². The molecule has 0 spiro atoms. The van der Waals surface area contributed by atoms with Crippen molar-refractivity contribution in [3.63, 3.8) is 0 Å². The summed E-state index contributed by atoms with van der Waals surface area (Å²) in [5, 5.41) is 0. The van der Waals surface area contributed by atoms with Crippen molar-refractivity contribution in [1.82, 2.24) is 4.90 Å². The molecule has 0 radical (unpaired) electrons. The second-order valence-electron chi connectivity index (χ2n) is 4.57. The highest BCUT2D eigenvalue weighted by Crippen LogP contribution is 2.31. The summed E-state index contributed by atoms with van der Waals surface area (Å²) >= 11 is 0. The number of carbonyl (C=O) groups excluding carboxylic acids is 2. The molecule has 1 fully saturated rings. The Hall–Kier alpha value is -2.36. The topological polar surface area (TPSA) is 50.5 Å². The molecule has 1 aliphatic rings. The summed E-state index contributed by atoms with van der Waals surface area (Å²) in [6.45, 7) is 0.152. The molecular formula is C15H13NO3. The fourth-order valence-corrected chi connectivity index (χ4v) is 2.42. The molecule has 1 unspecified atom stereocenters. The first kappa shape index (κ1) is 11.7. The van der Waals surface area contributed by atoms with Crippen LogP contribution in [0.5, 0.6) is 0 Å². The minimum atomic E-state index is -0.324. The fourth-order valence-electron chi connectivity index (χ4n) is 2.42. The number of nitrogens with zero attached hydrogens (tertiary/aromatic N) is 1. The van der Waals surface area contributed by atoms with Crippen LogP contribution in [0.4, 0.5) is 0 Å². The van der Waals surface area contributed by atoms with Crippen LogP contribution >= 0.6 is 0 Å². The molecule has 1 aliphatic heterocycles. The molecule has 0 bridgehead atoms. The molecule has 3 rings (SSSR count). The number of likely N-dealkylation sites (tertiary alicyclic amines) is 1. The Balaban J connectivity index is 2.03. The zero-order chi connectivity index (χ0) is 13.2. The molecule has 1 amide bonds. The molecule has 1 aromatic heterocycles. The van der Waals surface area contributed by atoms with Gasteiger partial charge in [0.05, 0.1) is 19.2 Å². The van der Waals surface area contributed by atoms with Crippen molar-refractivity contribution >= 4 is 11.7 Å². The molecule has 4 heteroatoms. The van der Waals surface area contributed by atoms with Gasteiger partial charge in [0.25, 0.3) is 0 Å². The molecule has 2 heterocycles. The third-order valence-corrected chi connectivity index (χ3v) is 3.26. The summed E-state index contributed by atoms with van der Waals surface area (Å²) in [4.78, 5) is 25.0. The molecule has 4 nitrogen and oxygen atoms in total. The van der Waals surface area contributed by atoms with Crippen molar-refractivity contribution < 1.29 is 14.0 Å². The number of ketones is 1. The van der Waals surface area contributed by atoms with E-state index in [0.29, 0.717) is 5.76 Å². The second kappa shape index (κ2) is 4.72. The van der Waals surface area contributed by atoms with Gasteiger partial charge in [-0.2, -0.15) is 0 Å². The molecule has 96 valence electrons. The van der Waals surface area contributed by atoms with Crippen LogP contribution in [-0.4, -0.2) is 23.1 Å². The Bertz CT molecular complexity index is 589. The van der Waals surface area contributed by atoms with Gasteiger partial charge in [-0.25, -0.2) is 0 Å². The van der Waals surface area contributed by atoms with Crippen molar-refractivity contribution in [1.29, 1.82) is 0 Å². The van der Waals surface area contributed by atoms with Gasteiger partial charge >= 0.3 is 0 Å². The Kier molecular flexibility index (Phi) is 2.91. The summed E-state index contributed by atoms with van der Waals surface area (Å²) in [5.41, 5.74) is 0.945. The Morgan fingerprint density at radius 1 is 1.05 bits per heavy atom. The maximum atomic E-state index is 12.0. The summed E-state index contributed by atoms with van der Waals surface area (Å²) in [6, 6.07) is 12.9. The molecule has 1 atom stereocenters. The van der Waals surface area contributed by atoms with E-state index in [0.717, 1.165) is 5.56 Å². The van der Waals surface area contributed by atoms with Gasteiger partial charge in [-0.05, 0) is 17.7 Å². The predicted octanol–water partition coefficient (Wildman–Crippen LogP) is 2.17. The normalized spacial score (nSPS) is 16.9. The number of carbonyl (C=O) groups is 2. The van der Waals surface area contributed by atoms with Gasteiger partial charge in [-0.1, -0.05) is 30.3 Å². The Labute approximate surface area is 110 Å². The van der Waals surface area contributed by atoms with Gasteiger partial charge in [0.2, 0.25) is 5.91 Å². The minimum Gasteiger partial charge on any atom is -0.467 e. The van der Waals surface area contributed by atoms with Gasteiger partial charge < -0.3 is 9.32 Å². The SMILES string of the molecule is O=C1CC(=O)N(C(c2ccccc2)c2ccco2)C1. The second-order valence-corrected chi connectivity index (χ2v) is 4.57. The third kappa shape index (κ3) is 2.17. The predicted molar refractivity (Wildman–Crippen MR) is 68.3 cm³/mol. The number of hydrogen-bond acceptors (Lipinski definition) is 3. The van der Waals surface area contributed by atoms with Crippen molar-refractivity contribution in [2.24, 2.45) is 0 Å². The standard InChI is InChI=1S/C15H13NO3/c17-12-9-14(18)16(10-12)15(13-7-4-8-19-13)11-5-2-1-3-6-11/h1-8,15H,9-10H2. The van der Waals surface area contributed by atoms with E-state index in [1.54, 1.807) is 17.2 Å². The molecule has 19 heavy (non-hydrogen) atoms. The quantitative estimate of drug-likeness (QED) is 0.790. The van der Waals surface area contributed by atoms with Crippen LogP contribution in [0.2, 0.25) is 0 Å². The first-order valence-electron chi connectivity index (χ1n) is 6.15. The van der Waals surface area contributed by atoms with Gasteiger partial charge in [-0.15, -0.1) is 0 Å². The van der Waals surface area contributed by atoms with E-state index >= 15 is 0 Å². The lowest BCUT2D eigenvalue weighted by molar-refractivity contribution is -0.129. The Morgan fingerprint density at radius 2 is 1.84 bits per heavy atom. The summed E-state index contributed by atoms with van der Waals surface area (Å²) in [7, 11) is 0. The summed E-state index contributed by atoms with van der Waals surface area (Å²) in [5.74, 6) is 0.488. The van der Waals surface area contributed by atoms with Crippen LogP contribution in [0.15, 0.2) is 53.1 Å².